The maximum Gasteiger partial charge on any atom is 0.236 e. The number of anilines is 2. The Labute approximate surface area is 157 Å². The first-order chi connectivity index (χ1) is 11.9. The van der Waals surface area contributed by atoms with Crippen molar-refractivity contribution in [2.45, 2.75) is 53.2 Å². The summed E-state index contributed by atoms with van der Waals surface area (Å²) in [6.45, 7) is 12.0. The molecule has 146 valence electrons. The number of carbonyl (C=O) groups is 1. The van der Waals surface area contributed by atoms with E-state index in [4.69, 9.17) is 4.74 Å². The Morgan fingerprint density at radius 2 is 1.88 bits per heavy atom. The molecule has 26 heavy (non-hydrogen) atoms. The molecular weight excluding hydrogens is 352 g/mol. The predicted molar refractivity (Wildman–Crippen MR) is 105 cm³/mol. The maximum atomic E-state index is 13.1. The van der Waals surface area contributed by atoms with E-state index in [1.54, 1.807) is 36.9 Å². The molecule has 0 unspecified atom stereocenters. The lowest BCUT2D eigenvalue weighted by Crippen LogP contribution is -2.42. The fourth-order valence-electron chi connectivity index (χ4n) is 2.60. The minimum Gasteiger partial charge on any atom is -0.490 e. The average Bonchev–Trinajstić information content (AvgIpc) is 2.61. The summed E-state index contributed by atoms with van der Waals surface area (Å²) in [5.41, 5.74) is 0.404. The smallest absolute Gasteiger partial charge is 0.236 e. The van der Waals surface area contributed by atoms with Crippen LogP contribution in [0, 0.1) is 11.3 Å². The number of rotatable bonds is 6. The summed E-state index contributed by atoms with van der Waals surface area (Å²) in [4.78, 5) is 14.8. The van der Waals surface area contributed by atoms with E-state index >= 15 is 0 Å². The molecule has 1 aromatic rings. The van der Waals surface area contributed by atoms with Gasteiger partial charge in [-0.15, -0.1) is 0 Å². The highest BCUT2D eigenvalue weighted by Crippen LogP contribution is 2.38. The lowest BCUT2D eigenvalue weighted by molar-refractivity contribution is -0.127. The molecule has 1 aliphatic rings. The van der Waals surface area contributed by atoms with Gasteiger partial charge in [0.2, 0.25) is 15.9 Å². The number of nitrogens with one attached hydrogen (secondary N) is 1. The molecule has 1 N–H and O–H groups in total. The normalized spacial score (nSPS) is 17.1. The molecule has 0 spiro atoms. The Morgan fingerprint density at radius 3 is 2.46 bits per heavy atom. The largest absolute Gasteiger partial charge is 0.490 e. The summed E-state index contributed by atoms with van der Waals surface area (Å²) in [6, 6.07) is 5.08. The maximum absolute atomic E-state index is 13.1. The van der Waals surface area contributed by atoms with Crippen molar-refractivity contribution in [3.63, 3.8) is 0 Å². The number of hydrogen-bond acceptors (Lipinski definition) is 4. The van der Waals surface area contributed by atoms with Gasteiger partial charge in [0.1, 0.15) is 12.4 Å². The zero-order valence-corrected chi connectivity index (χ0v) is 17.3. The first-order valence-corrected chi connectivity index (χ1v) is 10.6. The molecule has 0 atom stereocenters. The first-order valence-electron chi connectivity index (χ1n) is 9.04. The SMILES string of the molecule is CC(C)CCN1C(=O)C(C)(C)COc2ccc(NS(=O)(=O)C(C)C)cc21. The molecule has 0 aromatic heterocycles. The second kappa shape index (κ2) is 7.47. The van der Waals surface area contributed by atoms with Gasteiger partial charge in [0.25, 0.3) is 0 Å². The van der Waals surface area contributed by atoms with E-state index in [0.29, 0.717) is 29.6 Å². The fraction of sp³-hybridized carbons (Fsp3) is 0.632. The lowest BCUT2D eigenvalue weighted by Gasteiger charge is -2.29. The molecule has 1 heterocycles. The molecule has 1 aliphatic heterocycles. The molecule has 7 heteroatoms. The Bertz CT molecular complexity index is 770. The van der Waals surface area contributed by atoms with E-state index in [2.05, 4.69) is 18.6 Å². The van der Waals surface area contributed by atoms with Crippen LogP contribution in [-0.4, -0.2) is 32.7 Å². The van der Waals surface area contributed by atoms with E-state index in [1.165, 1.54) is 0 Å². The van der Waals surface area contributed by atoms with Crippen LogP contribution in [0.4, 0.5) is 11.4 Å². The van der Waals surface area contributed by atoms with Gasteiger partial charge in [0, 0.05) is 6.54 Å². The summed E-state index contributed by atoms with van der Waals surface area (Å²) >= 11 is 0. The second-order valence-corrected chi connectivity index (χ2v) is 10.4. The van der Waals surface area contributed by atoms with Gasteiger partial charge in [0.15, 0.2) is 0 Å². The summed E-state index contributed by atoms with van der Waals surface area (Å²) < 4.78 is 32.8. The van der Waals surface area contributed by atoms with Crippen molar-refractivity contribution in [2.75, 3.05) is 22.8 Å². The lowest BCUT2D eigenvalue weighted by atomic mass is 9.92. The van der Waals surface area contributed by atoms with Gasteiger partial charge in [-0.3, -0.25) is 9.52 Å². The van der Waals surface area contributed by atoms with Crippen molar-refractivity contribution < 1.29 is 17.9 Å². The van der Waals surface area contributed by atoms with Crippen LogP contribution in [-0.2, 0) is 14.8 Å². The number of carbonyl (C=O) groups excluding carboxylic acids is 1. The monoisotopic (exact) mass is 382 g/mol. The number of hydrogen-bond donors (Lipinski definition) is 1. The Morgan fingerprint density at radius 1 is 1.23 bits per heavy atom. The third-order valence-electron chi connectivity index (χ3n) is 4.47. The van der Waals surface area contributed by atoms with Crippen molar-refractivity contribution in [1.29, 1.82) is 0 Å². The van der Waals surface area contributed by atoms with Crippen LogP contribution in [0.25, 0.3) is 0 Å². The summed E-state index contributed by atoms with van der Waals surface area (Å²) in [5, 5.41) is -0.546. The third-order valence-corrected chi connectivity index (χ3v) is 6.23. The Kier molecular flexibility index (Phi) is 5.90. The molecule has 6 nitrogen and oxygen atoms in total. The standard InChI is InChI=1S/C19H30N2O4S/c1-13(2)9-10-21-16-11-15(20-26(23,24)14(3)4)7-8-17(16)25-12-19(5,6)18(21)22/h7-8,11,13-14,20H,9-10,12H2,1-6H3. The second-order valence-electron chi connectivity index (χ2n) is 8.19. The quantitative estimate of drug-likeness (QED) is 0.815. The van der Waals surface area contributed by atoms with Crippen LogP contribution in [0.1, 0.15) is 48.0 Å². The molecule has 0 aliphatic carbocycles. The van der Waals surface area contributed by atoms with Crippen molar-refractivity contribution in [2.24, 2.45) is 11.3 Å². The van der Waals surface area contributed by atoms with E-state index in [0.717, 1.165) is 6.42 Å². The fourth-order valence-corrected chi connectivity index (χ4v) is 3.29. The number of amides is 1. The van der Waals surface area contributed by atoms with Gasteiger partial charge in [-0.1, -0.05) is 13.8 Å². The zero-order chi connectivity index (χ0) is 19.7. The molecule has 1 aromatic carbocycles. The molecule has 1 amide bonds. The van der Waals surface area contributed by atoms with Gasteiger partial charge in [-0.2, -0.15) is 0 Å². The first kappa shape index (κ1) is 20.6. The van der Waals surface area contributed by atoms with Crippen molar-refractivity contribution in [3.05, 3.63) is 18.2 Å². The summed E-state index contributed by atoms with van der Waals surface area (Å²) in [6.07, 6.45) is 0.850. The zero-order valence-electron chi connectivity index (χ0n) is 16.5. The van der Waals surface area contributed by atoms with Gasteiger partial charge in [0.05, 0.1) is 22.0 Å². The van der Waals surface area contributed by atoms with Gasteiger partial charge in [-0.05, 0) is 58.2 Å². The summed E-state index contributed by atoms with van der Waals surface area (Å²) in [5.74, 6) is 1.03. The van der Waals surface area contributed by atoms with E-state index in [1.807, 2.05) is 13.8 Å². The predicted octanol–water partition coefficient (Wildman–Crippen LogP) is 3.63. The van der Waals surface area contributed by atoms with Crippen LogP contribution in [0.2, 0.25) is 0 Å². The molecule has 0 radical (unpaired) electrons. The van der Waals surface area contributed by atoms with Crippen molar-refractivity contribution in [1.82, 2.24) is 0 Å². The molecule has 0 fully saturated rings. The minimum absolute atomic E-state index is 0.0132. The number of benzene rings is 1. The van der Waals surface area contributed by atoms with Gasteiger partial charge < -0.3 is 9.64 Å². The molecule has 0 saturated carbocycles. The number of ether oxygens (including phenoxy) is 1. The third kappa shape index (κ3) is 4.50. The average molecular weight is 383 g/mol. The molecule has 0 bridgehead atoms. The van der Waals surface area contributed by atoms with Crippen molar-refractivity contribution >= 4 is 27.3 Å². The highest BCUT2D eigenvalue weighted by Gasteiger charge is 2.37. The Balaban J connectivity index is 2.44. The van der Waals surface area contributed by atoms with E-state index in [-0.39, 0.29) is 12.5 Å². The molecular formula is C19H30N2O4S. The minimum atomic E-state index is -3.46. The molecule has 2 rings (SSSR count). The van der Waals surface area contributed by atoms with Crippen molar-refractivity contribution in [3.8, 4) is 5.75 Å². The topological polar surface area (TPSA) is 75.7 Å². The number of fused-ring (bicyclic) bond motifs is 1. The van der Waals surface area contributed by atoms with Crippen LogP contribution < -0.4 is 14.4 Å². The van der Waals surface area contributed by atoms with E-state index < -0.39 is 20.7 Å². The van der Waals surface area contributed by atoms with Gasteiger partial charge >= 0.3 is 0 Å². The number of nitrogens with zero attached hydrogens (tertiary/aromatic N) is 1. The molecule has 0 saturated heterocycles. The highest BCUT2D eigenvalue weighted by atomic mass is 32.2. The summed E-state index contributed by atoms with van der Waals surface area (Å²) in [7, 11) is -3.46. The highest BCUT2D eigenvalue weighted by molar-refractivity contribution is 7.93. The Hall–Kier alpha value is -1.76. The number of sulfonamides is 1. The van der Waals surface area contributed by atoms with Crippen LogP contribution in [0.5, 0.6) is 5.75 Å². The van der Waals surface area contributed by atoms with E-state index in [9.17, 15) is 13.2 Å². The van der Waals surface area contributed by atoms with Gasteiger partial charge in [-0.25, -0.2) is 8.42 Å². The van der Waals surface area contributed by atoms with Crippen LogP contribution in [0.3, 0.4) is 0 Å². The van der Waals surface area contributed by atoms with Crippen LogP contribution in [0.15, 0.2) is 18.2 Å². The van der Waals surface area contributed by atoms with Crippen LogP contribution >= 0.6 is 0 Å².